The average Bonchev–Trinajstić information content (AvgIpc) is 3.42. The van der Waals surface area contributed by atoms with E-state index in [4.69, 9.17) is 9.47 Å². The number of fused-ring (bicyclic) bond motifs is 1. The van der Waals surface area contributed by atoms with Gasteiger partial charge >= 0.3 is 5.97 Å². The summed E-state index contributed by atoms with van der Waals surface area (Å²) in [6.07, 6.45) is 0.605. The zero-order valence-electron chi connectivity index (χ0n) is 16.8. The first-order valence-corrected chi connectivity index (χ1v) is 10.6. The number of rotatable bonds is 6. The molecule has 1 aliphatic heterocycles. The van der Waals surface area contributed by atoms with Crippen LogP contribution in [0.4, 0.5) is 0 Å². The lowest BCUT2D eigenvalue weighted by atomic mass is 10.0. The predicted molar refractivity (Wildman–Crippen MR) is 111 cm³/mol. The Morgan fingerprint density at radius 1 is 1.23 bits per heavy atom. The second kappa shape index (κ2) is 8.66. The van der Waals surface area contributed by atoms with Gasteiger partial charge in [-0.1, -0.05) is 12.1 Å². The van der Waals surface area contributed by atoms with Gasteiger partial charge < -0.3 is 14.4 Å². The highest BCUT2D eigenvalue weighted by atomic mass is 32.1. The first kappa shape index (κ1) is 20.1. The molecule has 2 aromatic heterocycles. The Kier molecular flexibility index (Phi) is 5.80. The van der Waals surface area contributed by atoms with Crippen molar-refractivity contribution in [2.75, 3.05) is 20.3 Å². The molecule has 1 amide bonds. The molecule has 0 unspecified atom stereocenters. The van der Waals surface area contributed by atoms with Gasteiger partial charge in [-0.2, -0.15) is 5.10 Å². The Bertz CT molecular complexity index is 1040. The molecular formula is C21H22N4O4S. The van der Waals surface area contributed by atoms with E-state index in [0.29, 0.717) is 31.7 Å². The third kappa shape index (κ3) is 3.93. The second-order valence-electron chi connectivity index (χ2n) is 6.85. The van der Waals surface area contributed by atoms with Crippen LogP contribution >= 0.6 is 11.3 Å². The lowest BCUT2D eigenvalue weighted by molar-refractivity contribution is 0.0513. The molecule has 0 saturated carbocycles. The SMILES string of the molecule is CCOC(=O)c1nn(Cc2ccc(OC)cc2)c2c1CN(C(=O)c1cscn1)CC2. The van der Waals surface area contributed by atoms with Crippen LogP contribution in [0, 0.1) is 0 Å². The fraction of sp³-hybridized carbons (Fsp3) is 0.333. The molecule has 0 bridgehead atoms. The third-order valence-corrected chi connectivity index (χ3v) is 5.62. The van der Waals surface area contributed by atoms with Crippen LogP contribution in [-0.4, -0.2) is 51.8 Å². The standard InChI is InChI=1S/C21H22N4O4S/c1-3-29-21(27)19-16-11-24(20(26)17-12-30-13-22-17)9-8-18(16)25(23-19)10-14-4-6-15(28-2)7-5-14/h4-7,12-13H,3,8-11H2,1-2H3. The number of thiazole rings is 1. The summed E-state index contributed by atoms with van der Waals surface area (Å²) < 4.78 is 12.3. The van der Waals surface area contributed by atoms with Crippen LogP contribution in [0.5, 0.6) is 5.75 Å². The quantitative estimate of drug-likeness (QED) is 0.564. The largest absolute Gasteiger partial charge is 0.497 e. The number of carbonyl (C=O) groups is 2. The van der Waals surface area contributed by atoms with Crippen molar-refractivity contribution in [1.29, 1.82) is 0 Å². The predicted octanol–water partition coefficient (Wildman–Crippen LogP) is 2.77. The molecule has 0 radical (unpaired) electrons. The molecule has 0 atom stereocenters. The van der Waals surface area contributed by atoms with Gasteiger partial charge in [-0.3, -0.25) is 9.48 Å². The lowest BCUT2D eigenvalue weighted by Crippen LogP contribution is -2.37. The van der Waals surface area contributed by atoms with Crippen LogP contribution in [0.1, 0.15) is 44.7 Å². The number of amides is 1. The Morgan fingerprint density at radius 3 is 2.70 bits per heavy atom. The van der Waals surface area contributed by atoms with Crippen molar-refractivity contribution in [2.45, 2.75) is 26.4 Å². The number of ether oxygens (including phenoxy) is 2. The molecule has 30 heavy (non-hydrogen) atoms. The first-order valence-electron chi connectivity index (χ1n) is 9.66. The minimum Gasteiger partial charge on any atom is -0.497 e. The van der Waals surface area contributed by atoms with Crippen molar-refractivity contribution in [3.63, 3.8) is 0 Å². The van der Waals surface area contributed by atoms with Gasteiger partial charge in [0.15, 0.2) is 5.69 Å². The van der Waals surface area contributed by atoms with E-state index >= 15 is 0 Å². The van der Waals surface area contributed by atoms with Crippen LogP contribution < -0.4 is 4.74 Å². The number of esters is 1. The fourth-order valence-electron chi connectivity index (χ4n) is 3.54. The van der Waals surface area contributed by atoms with Crippen molar-refractivity contribution in [1.82, 2.24) is 19.7 Å². The zero-order valence-corrected chi connectivity index (χ0v) is 17.6. The Balaban J connectivity index is 1.64. The van der Waals surface area contributed by atoms with Gasteiger partial charge in [0.1, 0.15) is 11.4 Å². The first-order chi connectivity index (χ1) is 14.6. The number of aromatic nitrogens is 3. The van der Waals surface area contributed by atoms with Crippen LogP contribution in [-0.2, 0) is 24.2 Å². The molecule has 9 heteroatoms. The number of hydrogen-bond acceptors (Lipinski definition) is 7. The number of nitrogens with zero attached hydrogens (tertiary/aromatic N) is 4. The average molecular weight is 426 g/mol. The second-order valence-corrected chi connectivity index (χ2v) is 7.57. The molecule has 3 heterocycles. The number of benzene rings is 1. The fourth-order valence-corrected chi connectivity index (χ4v) is 4.07. The van der Waals surface area contributed by atoms with Crippen LogP contribution in [0.15, 0.2) is 35.2 Å². The van der Waals surface area contributed by atoms with Gasteiger partial charge in [0, 0.05) is 29.6 Å². The van der Waals surface area contributed by atoms with Crippen LogP contribution in [0.2, 0.25) is 0 Å². The number of hydrogen-bond donors (Lipinski definition) is 0. The van der Waals surface area contributed by atoms with E-state index in [2.05, 4.69) is 10.1 Å². The summed E-state index contributed by atoms with van der Waals surface area (Å²) in [4.78, 5) is 31.1. The van der Waals surface area contributed by atoms with Gasteiger partial charge in [-0.05, 0) is 24.6 Å². The normalized spacial score (nSPS) is 13.1. The van der Waals surface area contributed by atoms with E-state index in [1.165, 1.54) is 11.3 Å². The molecule has 0 N–H and O–H groups in total. The monoisotopic (exact) mass is 426 g/mol. The van der Waals surface area contributed by atoms with Gasteiger partial charge in [-0.15, -0.1) is 11.3 Å². The van der Waals surface area contributed by atoms with Crippen LogP contribution in [0.3, 0.4) is 0 Å². The topological polar surface area (TPSA) is 86.5 Å². The summed E-state index contributed by atoms with van der Waals surface area (Å²) >= 11 is 1.38. The molecule has 4 rings (SSSR count). The number of carbonyl (C=O) groups excluding carboxylic acids is 2. The molecular weight excluding hydrogens is 404 g/mol. The smallest absolute Gasteiger partial charge is 0.359 e. The molecule has 8 nitrogen and oxygen atoms in total. The highest BCUT2D eigenvalue weighted by Gasteiger charge is 2.31. The maximum atomic E-state index is 12.8. The molecule has 0 aliphatic carbocycles. The molecule has 0 spiro atoms. The Morgan fingerprint density at radius 2 is 2.03 bits per heavy atom. The zero-order chi connectivity index (χ0) is 21.1. The van der Waals surface area contributed by atoms with E-state index in [-0.39, 0.29) is 18.2 Å². The highest BCUT2D eigenvalue weighted by molar-refractivity contribution is 7.07. The summed E-state index contributed by atoms with van der Waals surface area (Å²) in [7, 11) is 1.63. The van der Waals surface area contributed by atoms with Gasteiger partial charge in [0.05, 0.1) is 32.3 Å². The van der Waals surface area contributed by atoms with E-state index in [0.717, 1.165) is 22.6 Å². The van der Waals surface area contributed by atoms with Gasteiger partial charge in [0.2, 0.25) is 0 Å². The Hall–Kier alpha value is -3.20. The molecule has 0 saturated heterocycles. The summed E-state index contributed by atoms with van der Waals surface area (Å²) in [5.74, 6) is 0.175. The maximum absolute atomic E-state index is 12.8. The molecule has 1 aliphatic rings. The Labute approximate surface area is 178 Å². The van der Waals surface area contributed by atoms with Gasteiger partial charge in [-0.25, -0.2) is 9.78 Å². The van der Waals surface area contributed by atoms with E-state index in [1.807, 2.05) is 28.9 Å². The summed E-state index contributed by atoms with van der Waals surface area (Å²) in [5, 5.41) is 6.30. The van der Waals surface area contributed by atoms with Crippen molar-refractivity contribution >= 4 is 23.2 Å². The molecule has 0 fully saturated rings. The molecule has 1 aromatic carbocycles. The highest BCUT2D eigenvalue weighted by Crippen LogP contribution is 2.26. The van der Waals surface area contributed by atoms with Crippen molar-refractivity contribution < 1.29 is 19.1 Å². The summed E-state index contributed by atoms with van der Waals surface area (Å²) in [6.45, 7) is 3.39. The summed E-state index contributed by atoms with van der Waals surface area (Å²) in [6, 6.07) is 7.73. The van der Waals surface area contributed by atoms with Gasteiger partial charge in [0.25, 0.3) is 5.91 Å². The van der Waals surface area contributed by atoms with Crippen molar-refractivity contribution in [3.8, 4) is 5.75 Å². The van der Waals surface area contributed by atoms with E-state index in [1.54, 1.807) is 29.8 Å². The minimum atomic E-state index is -0.467. The number of methoxy groups -OCH3 is 1. The van der Waals surface area contributed by atoms with E-state index < -0.39 is 5.97 Å². The third-order valence-electron chi connectivity index (χ3n) is 5.03. The molecule has 156 valence electrons. The van der Waals surface area contributed by atoms with Crippen molar-refractivity contribution in [3.05, 3.63) is 63.4 Å². The lowest BCUT2D eigenvalue weighted by Gasteiger charge is -2.27. The van der Waals surface area contributed by atoms with Crippen molar-refractivity contribution in [2.24, 2.45) is 0 Å². The summed E-state index contributed by atoms with van der Waals surface area (Å²) in [5.41, 5.74) is 5.08. The van der Waals surface area contributed by atoms with E-state index in [9.17, 15) is 9.59 Å². The molecule has 3 aromatic rings. The van der Waals surface area contributed by atoms with Crippen LogP contribution in [0.25, 0.3) is 0 Å². The minimum absolute atomic E-state index is 0.139. The maximum Gasteiger partial charge on any atom is 0.359 e.